The van der Waals surface area contributed by atoms with E-state index in [-0.39, 0.29) is 6.42 Å². The van der Waals surface area contributed by atoms with Crippen LogP contribution in [0.3, 0.4) is 0 Å². The molecular weight excluding hydrogens is 266 g/mol. The van der Waals surface area contributed by atoms with E-state index in [0.29, 0.717) is 5.01 Å². The predicted molar refractivity (Wildman–Crippen MR) is 62.2 cm³/mol. The summed E-state index contributed by atoms with van der Waals surface area (Å²) in [6, 6.07) is 0. The molecule has 0 aliphatic rings. The summed E-state index contributed by atoms with van der Waals surface area (Å²) in [7, 11) is 0. The molecule has 0 aromatic carbocycles. The highest BCUT2D eigenvalue weighted by Crippen LogP contribution is 2.32. The van der Waals surface area contributed by atoms with E-state index in [1.807, 2.05) is 12.3 Å². The topological polar surface area (TPSA) is 76.0 Å². The van der Waals surface area contributed by atoms with Crippen molar-refractivity contribution < 1.29 is 9.90 Å². The van der Waals surface area contributed by atoms with E-state index in [1.165, 1.54) is 23.1 Å². The predicted octanol–water partition coefficient (Wildman–Crippen LogP) is 2.08. The Morgan fingerprint density at radius 3 is 2.94 bits per heavy atom. The largest absolute Gasteiger partial charge is 0.481 e. The number of hydrogen-bond donors (Lipinski definition) is 1. The first kappa shape index (κ1) is 11.5. The van der Waals surface area contributed by atoms with Crippen LogP contribution in [0.1, 0.15) is 10.7 Å². The summed E-state index contributed by atoms with van der Waals surface area (Å²) in [5.74, 6) is -0.891. The summed E-state index contributed by atoms with van der Waals surface area (Å²) in [4.78, 5) is 14.7. The minimum Gasteiger partial charge on any atom is -0.481 e. The number of carboxylic acids is 1. The van der Waals surface area contributed by atoms with E-state index >= 15 is 0 Å². The van der Waals surface area contributed by atoms with Gasteiger partial charge in [-0.15, -0.1) is 21.5 Å². The summed E-state index contributed by atoms with van der Waals surface area (Å²) < 4.78 is 1.63. The first-order chi connectivity index (χ1) is 7.63. The van der Waals surface area contributed by atoms with E-state index in [1.54, 1.807) is 11.3 Å². The maximum absolute atomic E-state index is 10.5. The molecule has 2 rings (SSSR count). The number of carboxylic acid groups (broad SMARTS) is 1. The van der Waals surface area contributed by atoms with Crippen LogP contribution in [0.25, 0.3) is 0 Å². The van der Waals surface area contributed by atoms with Gasteiger partial charge in [-0.2, -0.15) is 0 Å². The van der Waals surface area contributed by atoms with Crippen LogP contribution in [0, 0.1) is 6.92 Å². The van der Waals surface area contributed by atoms with Crippen LogP contribution in [0.2, 0.25) is 0 Å². The Morgan fingerprint density at radius 1 is 1.50 bits per heavy atom. The number of hydrogen-bond acceptors (Lipinski definition) is 7. The molecule has 0 spiro atoms. The monoisotopic (exact) mass is 273 g/mol. The van der Waals surface area contributed by atoms with Crippen molar-refractivity contribution in [2.24, 2.45) is 0 Å². The minimum atomic E-state index is -0.891. The molecule has 1 N–H and O–H groups in total. The third-order valence-corrected chi connectivity index (χ3v) is 4.55. The summed E-state index contributed by atoms with van der Waals surface area (Å²) in [6.45, 7) is 1.93. The highest BCUT2D eigenvalue weighted by molar-refractivity contribution is 8.02. The van der Waals surface area contributed by atoms with Crippen molar-refractivity contribution in [1.29, 1.82) is 0 Å². The summed E-state index contributed by atoms with van der Waals surface area (Å²) >= 11 is 4.25. The molecule has 0 bridgehead atoms. The second kappa shape index (κ2) is 4.89. The normalized spacial score (nSPS) is 10.6. The molecule has 16 heavy (non-hydrogen) atoms. The van der Waals surface area contributed by atoms with Crippen molar-refractivity contribution in [1.82, 2.24) is 15.2 Å². The van der Waals surface area contributed by atoms with E-state index in [2.05, 4.69) is 15.2 Å². The molecule has 8 heteroatoms. The number of aryl methyl sites for hydroxylation is 1. The van der Waals surface area contributed by atoms with Crippen molar-refractivity contribution in [3.05, 3.63) is 16.1 Å². The van der Waals surface area contributed by atoms with Gasteiger partial charge in [0.05, 0.1) is 6.42 Å². The zero-order valence-electron chi connectivity index (χ0n) is 8.21. The van der Waals surface area contributed by atoms with Crippen molar-refractivity contribution in [2.45, 2.75) is 22.0 Å². The average Bonchev–Trinajstić information content (AvgIpc) is 2.76. The van der Waals surface area contributed by atoms with Crippen molar-refractivity contribution >= 4 is 40.4 Å². The maximum atomic E-state index is 10.5. The van der Waals surface area contributed by atoms with Gasteiger partial charge in [-0.3, -0.25) is 4.79 Å². The molecule has 0 amide bonds. The van der Waals surface area contributed by atoms with Gasteiger partial charge in [0, 0.05) is 11.1 Å². The number of aliphatic carboxylic acids is 1. The van der Waals surface area contributed by atoms with Gasteiger partial charge in [-0.05, 0) is 18.7 Å². The van der Waals surface area contributed by atoms with E-state index < -0.39 is 5.97 Å². The molecule has 2 heterocycles. The van der Waals surface area contributed by atoms with Crippen LogP contribution in [0.5, 0.6) is 0 Å². The lowest BCUT2D eigenvalue weighted by Crippen LogP contribution is -1.98. The lowest BCUT2D eigenvalue weighted by atomic mass is 10.5. The Hall–Kier alpha value is -0.990. The number of thiazole rings is 1. The average molecular weight is 273 g/mol. The van der Waals surface area contributed by atoms with Crippen LogP contribution >= 0.6 is 34.4 Å². The van der Waals surface area contributed by atoms with Crippen LogP contribution in [-0.2, 0) is 11.2 Å². The molecular formula is C8H7N3O2S3. The molecule has 2 aromatic rings. The highest BCUT2D eigenvalue weighted by Gasteiger charge is 2.10. The highest BCUT2D eigenvalue weighted by atomic mass is 32.2. The van der Waals surface area contributed by atoms with Gasteiger partial charge in [0.15, 0.2) is 8.68 Å². The Labute approximate surface area is 104 Å². The molecule has 0 fully saturated rings. The molecule has 0 atom stereocenters. The second-order valence-corrected chi connectivity index (χ2v) is 6.30. The van der Waals surface area contributed by atoms with Crippen LogP contribution in [-0.4, -0.2) is 26.3 Å². The Balaban J connectivity index is 2.05. The molecule has 84 valence electrons. The van der Waals surface area contributed by atoms with Gasteiger partial charge >= 0.3 is 5.97 Å². The first-order valence-electron chi connectivity index (χ1n) is 4.27. The van der Waals surface area contributed by atoms with Gasteiger partial charge < -0.3 is 5.11 Å². The smallest absolute Gasteiger partial charge is 0.310 e. The Bertz CT molecular complexity index is 508. The molecule has 0 aliphatic carbocycles. The molecule has 0 radical (unpaired) electrons. The van der Waals surface area contributed by atoms with Crippen molar-refractivity contribution in [3.8, 4) is 0 Å². The van der Waals surface area contributed by atoms with E-state index in [9.17, 15) is 4.79 Å². The molecule has 2 aromatic heterocycles. The third-order valence-electron chi connectivity index (χ3n) is 1.52. The molecule has 0 unspecified atom stereocenters. The molecule has 0 saturated carbocycles. The van der Waals surface area contributed by atoms with E-state index in [4.69, 9.17) is 5.11 Å². The SMILES string of the molecule is Cc1csc(Sc2nnc(CC(=O)O)s2)n1. The molecule has 0 saturated heterocycles. The maximum Gasteiger partial charge on any atom is 0.310 e. The minimum absolute atomic E-state index is 0.0743. The third kappa shape index (κ3) is 3.00. The summed E-state index contributed by atoms with van der Waals surface area (Å²) in [5.41, 5.74) is 0.975. The standard InChI is InChI=1S/C8H7N3O2S3/c1-4-3-14-7(9-4)16-8-11-10-5(15-8)2-6(12)13/h3H,2H2,1H3,(H,12,13). The zero-order chi connectivity index (χ0) is 11.5. The van der Waals surface area contributed by atoms with Crippen molar-refractivity contribution in [3.63, 3.8) is 0 Å². The fourth-order valence-corrected chi connectivity index (χ4v) is 3.86. The number of aromatic nitrogens is 3. The van der Waals surface area contributed by atoms with Gasteiger partial charge in [-0.1, -0.05) is 11.3 Å². The lowest BCUT2D eigenvalue weighted by Gasteiger charge is -1.87. The number of carbonyl (C=O) groups is 1. The second-order valence-electron chi connectivity index (χ2n) is 2.89. The van der Waals surface area contributed by atoms with Gasteiger partial charge in [0.1, 0.15) is 5.01 Å². The summed E-state index contributed by atoms with van der Waals surface area (Å²) in [6.07, 6.45) is -0.0743. The molecule has 5 nitrogen and oxygen atoms in total. The Kier molecular flexibility index (Phi) is 3.52. The fraction of sp³-hybridized carbons (Fsp3) is 0.250. The van der Waals surface area contributed by atoms with Gasteiger partial charge in [0.25, 0.3) is 0 Å². The fourth-order valence-electron chi connectivity index (χ4n) is 0.934. The quantitative estimate of drug-likeness (QED) is 0.919. The number of nitrogens with zero attached hydrogens (tertiary/aromatic N) is 3. The lowest BCUT2D eigenvalue weighted by molar-refractivity contribution is -0.136. The van der Waals surface area contributed by atoms with Gasteiger partial charge in [0.2, 0.25) is 0 Å². The summed E-state index contributed by atoms with van der Waals surface area (Å²) in [5, 5.41) is 18.8. The van der Waals surface area contributed by atoms with Crippen LogP contribution < -0.4 is 0 Å². The Morgan fingerprint density at radius 2 is 2.31 bits per heavy atom. The van der Waals surface area contributed by atoms with Crippen molar-refractivity contribution in [2.75, 3.05) is 0 Å². The molecule has 0 aliphatic heterocycles. The van der Waals surface area contributed by atoms with Crippen LogP contribution in [0.4, 0.5) is 0 Å². The number of rotatable bonds is 4. The van der Waals surface area contributed by atoms with Gasteiger partial charge in [-0.25, -0.2) is 4.98 Å². The van der Waals surface area contributed by atoms with Crippen LogP contribution in [0.15, 0.2) is 14.1 Å². The zero-order valence-corrected chi connectivity index (χ0v) is 10.7. The first-order valence-corrected chi connectivity index (χ1v) is 6.79. The van der Waals surface area contributed by atoms with E-state index in [0.717, 1.165) is 14.4 Å².